The molecule has 0 atom stereocenters. The first kappa shape index (κ1) is 15.5. The summed E-state index contributed by atoms with van der Waals surface area (Å²) in [4.78, 5) is 10.5. The maximum atomic E-state index is 10.5. The molecule has 0 aromatic rings. The van der Waals surface area contributed by atoms with E-state index in [4.69, 9.17) is 5.21 Å². The molecule has 0 aliphatic heterocycles. The van der Waals surface area contributed by atoms with Crippen molar-refractivity contribution in [3.8, 4) is 0 Å². The van der Waals surface area contributed by atoms with E-state index in [1.807, 2.05) is 0 Å². The van der Waals surface area contributed by atoms with Gasteiger partial charge in [0, 0.05) is 6.42 Å². The first-order valence-corrected chi connectivity index (χ1v) is 4.24. The smallest absolute Gasteiger partial charge is 1.00 e. The standard InChI is InChI=1S/C8H17NO2.K.H/c1-2-3-4-5-6-7-8(10)9-11;;/h11H,2-7H2,1H3,(H,9,10);;/q;+1;-1. The molecule has 0 radical (unpaired) electrons. The third-order valence-electron chi connectivity index (χ3n) is 1.63. The van der Waals surface area contributed by atoms with Crippen molar-refractivity contribution in [2.45, 2.75) is 45.4 Å². The van der Waals surface area contributed by atoms with Crippen LogP contribution in [0, 0.1) is 0 Å². The molecule has 0 heterocycles. The second kappa shape index (κ2) is 12.1. The number of amides is 1. The molecule has 1 amide bonds. The molecule has 0 unspecified atom stereocenters. The molecule has 0 aliphatic rings. The van der Waals surface area contributed by atoms with E-state index in [0.717, 1.165) is 12.8 Å². The fourth-order valence-electron chi connectivity index (χ4n) is 0.945. The van der Waals surface area contributed by atoms with Gasteiger partial charge in [-0.25, -0.2) is 5.48 Å². The normalized spacial score (nSPS) is 8.83. The average Bonchev–Trinajstić information content (AvgIpc) is 2.04. The van der Waals surface area contributed by atoms with E-state index in [2.05, 4.69) is 6.92 Å². The summed E-state index contributed by atoms with van der Waals surface area (Å²) in [6.07, 6.45) is 6.05. The molecule has 12 heavy (non-hydrogen) atoms. The first-order valence-electron chi connectivity index (χ1n) is 4.24. The first-order chi connectivity index (χ1) is 5.31. The van der Waals surface area contributed by atoms with Gasteiger partial charge in [-0.3, -0.25) is 10.0 Å². The van der Waals surface area contributed by atoms with Gasteiger partial charge in [0.15, 0.2) is 0 Å². The second-order valence-corrected chi connectivity index (χ2v) is 2.70. The van der Waals surface area contributed by atoms with Crippen LogP contribution in [0.5, 0.6) is 0 Å². The molecule has 2 N–H and O–H groups in total. The minimum Gasteiger partial charge on any atom is -1.00 e. The molecular weight excluding hydrogens is 181 g/mol. The summed E-state index contributed by atoms with van der Waals surface area (Å²) in [7, 11) is 0. The molecule has 0 spiro atoms. The number of carbonyl (C=O) groups excluding carboxylic acids is 1. The Morgan fingerprint density at radius 1 is 1.33 bits per heavy atom. The Kier molecular flexibility index (Phi) is 15.6. The zero-order valence-corrected chi connectivity index (χ0v) is 11.2. The summed E-state index contributed by atoms with van der Waals surface area (Å²) < 4.78 is 0. The van der Waals surface area contributed by atoms with E-state index >= 15 is 0 Å². The zero-order valence-electron chi connectivity index (χ0n) is 9.10. The SMILES string of the molecule is CCCCCCCC(=O)NO.[H-].[K+]. The Labute approximate surface area is 118 Å². The van der Waals surface area contributed by atoms with Crippen LogP contribution in [0.25, 0.3) is 0 Å². The molecule has 0 bridgehead atoms. The molecular formula is C8H18KNO2. The zero-order chi connectivity index (χ0) is 8.53. The quantitative estimate of drug-likeness (QED) is 0.249. The van der Waals surface area contributed by atoms with Gasteiger partial charge in [-0.2, -0.15) is 0 Å². The van der Waals surface area contributed by atoms with Gasteiger partial charge in [0.2, 0.25) is 5.91 Å². The summed E-state index contributed by atoms with van der Waals surface area (Å²) in [5.41, 5.74) is 1.62. The van der Waals surface area contributed by atoms with Gasteiger partial charge in [0.05, 0.1) is 0 Å². The summed E-state index contributed by atoms with van der Waals surface area (Å²) in [5, 5.41) is 8.14. The molecule has 0 aliphatic carbocycles. The topological polar surface area (TPSA) is 49.3 Å². The molecule has 4 heteroatoms. The predicted molar refractivity (Wildman–Crippen MR) is 44.4 cm³/mol. The maximum absolute atomic E-state index is 10.5. The largest absolute Gasteiger partial charge is 1.00 e. The molecule has 68 valence electrons. The van der Waals surface area contributed by atoms with Crippen LogP contribution in [0.4, 0.5) is 0 Å². The number of nitrogens with one attached hydrogen (secondary N) is 1. The Bertz CT molecular complexity index is 114. The number of hydrogen-bond acceptors (Lipinski definition) is 2. The fraction of sp³-hybridized carbons (Fsp3) is 0.875. The van der Waals surface area contributed by atoms with E-state index in [0.29, 0.717) is 6.42 Å². The Morgan fingerprint density at radius 2 is 1.92 bits per heavy atom. The fourth-order valence-corrected chi connectivity index (χ4v) is 0.945. The van der Waals surface area contributed by atoms with Gasteiger partial charge in [-0.05, 0) is 6.42 Å². The number of unbranched alkanes of at least 4 members (excludes halogenated alkanes) is 4. The van der Waals surface area contributed by atoms with E-state index in [9.17, 15) is 4.79 Å². The van der Waals surface area contributed by atoms with Crippen molar-refractivity contribution in [1.82, 2.24) is 5.48 Å². The number of hydrogen-bond donors (Lipinski definition) is 2. The Balaban J connectivity index is -0.000000500. The van der Waals surface area contributed by atoms with E-state index < -0.39 is 0 Å². The van der Waals surface area contributed by atoms with E-state index in [1.54, 1.807) is 5.48 Å². The maximum Gasteiger partial charge on any atom is 1.00 e. The summed E-state index contributed by atoms with van der Waals surface area (Å²) in [6, 6.07) is 0. The van der Waals surface area contributed by atoms with Crippen molar-refractivity contribution in [3.05, 3.63) is 0 Å². The molecule has 3 nitrogen and oxygen atoms in total. The van der Waals surface area contributed by atoms with Gasteiger partial charge in [-0.1, -0.05) is 32.6 Å². The van der Waals surface area contributed by atoms with Gasteiger partial charge in [0.25, 0.3) is 0 Å². The van der Waals surface area contributed by atoms with Crippen LogP contribution >= 0.6 is 0 Å². The molecule has 0 aromatic heterocycles. The van der Waals surface area contributed by atoms with Gasteiger partial charge < -0.3 is 1.43 Å². The molecule has 0 aromatic carbocycles. The minimum absolute atomic E-state index is 0. The molecule has 0 saturated heterocycles. The van der Waals surface area contributed by atoms with Crippen molar-refractivity contribution in [1.29, 1.82) is 0 Å². The van der Waals surface area contributed by atoms with Gasteiger partial charge >= 0.3 is 51.4 Å². The van der Waals surface area contributed by atoms with Crippen molar-refractivity contribution in [2.24, 2.45) is 0 Å². The number of hydroxylamine groups is 1. The third kappa shape index (κ3) is 11.1. The summed E-state index contributed by atoms with van der Waals surface area (Å²) in [6.45, 7) is 2.15. The minimum atomic E-state index is -0.276. The van der Waals surface area contributed by atoms with Crippen LogP contribution in [0.3, 0.4) is 0 Å². The Morgan fingerprint density at radius 3 is 2.42 bits per heavy atom. The van der Waals surface area contributed by atoms with Crippen molar-refractivity contribution in [2.75, 3.05) is 0 Å². The van der Waals surface area contributed by atoms with Crippen molar-refractivity contribution in [3.63, 3.8) is 0 Å². The van der Waals surface area contributed by atoms with Crippen LogP contribution in [0.15, 0.2) is 0 Å². The average molecular weight is 199 g/mol. The van der Waals surface area contributed by atoms with Crippen LogP contribution in [-0.4, -0.2) is 11.1 Å². The monoisotopic (exact) mass is 199 g/mol. The van der Waals surface area contributed by atoms with Crippen LogP contribution in [0.1, 0.15) is 46.9 Å². The number of rotatable bonds is 6. The summed E-state index contributed by atoms with van der Waals surface area (Å²) in [5.74, 6) is -0.276. The molecule has 0 rings (SSSR count). The molecule has 0 fully saturated rings. The van der Waals surface area contributed by atoms with Gasteiger partial charge in [-0.15, -0.1) is 0 Å². The molecule has 0 saturated carbocycles. The number of carbonyl (C=O) groups is 1. The van der Waals surface area contributed by atoms with Crippen molar-refractivity contribution >= 4 is 5.91 Å². The van der Waals surface area contributed by atoms with E-state index in [1.165, 1.54) is 19.3 Å². The van der Waals surface area contributed by atoms with Crippen LogP contribution in [-0.2, 0) is 4.79 Å². The van der Waals surface area contributed by atoms with Gasteiger partial charge in [0.1, 0.15) is 0 Å². The van der Waals surface area contributed by atoms with Crippen molar-refractivity contribution < 1.29 is 62.8 Å². The Hall–Kier alpha value is 1.07. The van der Waals surface area contributed by atoms with E-state index in [-0.39, 0.29) is 58.7 Å². The van der Waals surface area contributed by atoms with Crippen LogP contribution < -0.4 is 56.9 Å². The predicted octanol–water partition coefficient (Wildman–Crippen LogP) is -1.03. The summed E-state index contributed by atoms with van der Waals surface area (Å²) >= 11 is 0. The van der Waals surface area contributed by atoms with Crippen LogP contribution in [0.2, 0.25) is 0 Å². The second-order valence-electron chi connectivity index (χ2n) is 2.70. The third-order valence-corrected chi connectivity index (χ3v) is 1.63.